The molecule has 0 bridgehead atoms. The van der Waals surface area contributed by atoms with E-state index in [0.717, 1.165) is 16.8 Å². The van der Waals surface area contributed by atoms with Gasteiger partial charge in [0.1, 0.15) is 17.6 Å². The van der Waals surface area contributed by atoms with Crippen LogP contribution < -0.4 is 10.5 Å². The molecule has 26 heavy (non-hydrogen) atoms. The SMILES string of the molecule is Cc1ccc(-c2noc(C)c2Cn2ncc(N3CC(F)C3)cc2=O)cn1. The zero-order valence-corrected chi connectivity index (χ0v) is 14.5. The molecule has 1 aliphatic heterocycles. The van der Waals surface area contributed by atoms with Gasteiger partial charge in [-0.3, -0.25) is 9.78 Å². The highest BCUT2D eigenvalue weighted by Crippen LogP contribution is 2.25. The first-order valence-electron chi connectivity index (χ1n) is 8.35. The molecule has 0 N–H and O–H groups in total. The van der Waals surface area contributed by atoms with Crippen molar-refractivity contribution in [1.29, 1.82) is 0 Å². The highest BCUT2D eigenvalue weighted by Gasteiger charge is 2.27. The maximum absolute atomic E-state index is 13.0. The molecule has 0 spiro atoms. The van der Waals surface area contributed by atoms with Gasteiger partial charge in [0.05, 0.1) is 31.5 Å². The van der Waals surface area contributed by atoms with E-state index in [0.29, 0.717) is 30.2 Å². The van der Waals surface area contributed by atoms with Crippen molar-refractivity contribution >= 4 is 5.69 Å². The van der Waals surface area contributed by atoms with Crippen molar-refractivity contribution in [3.63, 3.8) is 0 Å². The number of aromatic nitrogens is 4. The highest BCUT2D eigenvalue weighted by atomic mass is 19.1. The summed E-state index contributed by atoms with van der Waals surface area (Å²) in [6.07, 6.45) is 2.48. The van der Waals surface area contributed by atoms with Crippen LogP contribution in [0.5, 0.6) is 0 Å². The first-order chi connectivity index (χ1) is 12.5. The standard InChI is InChI=1S/C18H18FN5O2/c1-11-3-4-13(6-20-11)18-16(12(2)26-22-18)10-24-17(25)5-15(7-21-24)23-8-14(19)9-23/h3-7,14H,8-10H2,1-2H3. The molecule has 1 saturated heterocycles. The van der Waals surface area contributed by atoms with Gasteiger partial charge in [-0.25, -0.2) is 9.07 Å². The molecule has 4 heterocycles. The molecule has 0 atom stereocenters. The van der Waals surface area contributed by atoms with Crippen molar-refractivity contribution in [3.05, 3.63) is 58.0 Å². The minimum atomic E-state index is -0.831. The Balaban J connectivity index is 1.63. The van der Waals surface area contributed by atoms with Gasteiger partial charge in [-0.05, 0) is 26.0 Å². The van der Waals surface area contributed by atoms with E-state index < -0.39 is 6.17 Å². The van der Waals surface area contributed by atoms with E-state index in [-0.39, 0.29) is 12.1 Å². The monoisotopic (exact) mass is 355 g/mol. The van der Waals surface area contributed by atoms with Crippen molar-refractivity contribution in [2.45, 2.75) is 26.6 Å². The molecule has 0 aromatic carbocycles. The number of anilines is 1. The zero-order valence-electron chi connectivity index (χ0n) is 14.5. The summed E-state index contributed by atoms with van der Waals surface area (Å²) in [5.74, 6) is 0.626. The second-order valence-corrected chi connectivity index (χ2v) is 6.47. The van der Waals surface area contributed by atoms with Crippen LogP contribution in [0.25, 0.3) is 11.3 Å². The molecular formula is C18H18FN5O2. The van der Waals surface area contributed by atoms with Crippen LogP contribution in [0.1, 0.15) is 17.0 Å². The Bertz CT molecular complexity index is 990. The van der Waals surface area contributed by atoms with Crippen LogP contribution in [0.15, 0.2) is 39.9 Å². The molecule has 134 valence electrons. The van der Waals surface area contributed by atoms with Gasteiger partial charge in [-0.1, -0.05) is 5.16 Å². The van der Waals surface area contributed by atoms with E-state index in [2.05, 4.69) is 15.2 Å². The summed E-state index contributed by atoms with van der Waals surface area (Å²) in [5.41, 5.74) is 3.55. The van der Waals surface area contributed by atoms with E-state index in [1.54, 1.807) is 24.2 Å². The maximum Gasteiger partial charge on any atom is 0.269 e. The third-order valence-corrected chi connectivity index (χ3v) is 4.53. The van der Waals surface area contributed by atoms with Crippen molar-refractivity contribution in [1.82, 2.24) is 19.9 Å². The summed E-state index contributed by atoms with van der Waals surface area (Å²) in [6.45, 7) is 4.56. The molecule has 8 heteroatoms. The summed E-state index contributed by atoms with van der Waals surface area (Å²) in [7, 11) is 0. The van der Waals surface area contributed by atoms with Gasteiger partial charge in [0, 0.05) is 29.1 Å². The quantitative estimate of drug-likeness (QED) is 0.713. The lowest BCUT2D eigenvalue weighted by Gasteiger charge is -2.35. The summed E-state index contributed by atoms with van der Waals surface area (Å²) in [4.78, 5) is 18.5. The number of aryl methyl sites for hydroxylation is 2. The van der Waals surface area contributed by atoms with Crippen LogP contribution in [0.3, 0.4) is 0 Å². The summed E-state index contributed by atoms with van der Waals surface area (Å²) < 4.78 is 19.7. The van der Waals surface area contributed by atoms with Crippen LogP contribution in [-0.4, -0.2) is 39.2 Å². The first kappa shape index (κ1) is 16.4. The molecule has 1 aliphatic rings. The lowest BCUT2D eigenvalue weighted by atomic mass is 10.1. The van der Waals surface area contributed by atoms with Gasteiger partial charge in [-0.15, -0.1) is 0 Å². The van der Waals surface area contributed by atoms with E-state index in [1.165, 1.54) is 10.7 Å². The van der Waals surface area contributed by atoms with Crippen molar-refractivity contribution in [3.8, 4) is 11.3 Å². The number of pyridine rings is 1. The fourth-order valence-electron chi connectivity index (χ4n) is 2.91. The van der Waals surface area contributed by atoms with Crippen molar-refractivity contribution in [2.75, 3.05) is 18.0 Å². The van der Waals surface area contributed by atoms with E-state index in [1.807, 2.05) is 19.1 Å². The van der Waals surface area contributed by atoms with Gasteiger partial charge >= 0.3 is 0 Å². The van der Waals surface area contributed by atoms with Crippen molar-refractivity contribution < 1.29 is 8.91 Å². The lowest BCUT2D eigenvalue weighted by molar-refractivity contribution is 0.274. The number of alkyl halides is 1. The van der Waals surface area contributed by atoms with Gasteiger partial charge < -0.3 is 9.42 Å². The van der Waals surface area contributed by atoms with Crippen molar-refractivity contribution in [2.24, 2.45) is 0 Å². The largest absolute Gasteiger partial charge is 0.364 e. The fraction of sp³-hybridized carbons (Fsp3) is 0.333. The average Bonchev–Trinajstić information content (AvgIpc) is 2.95. The van der Waals surface area contributed by atoms with E-state index >= 15 is 0 Å². The number of hydrogen-bond acceptors (Lipinski definition) is 6. The zero-order chi connectivity index (χ0) is 18.3. The fourth-order valence-corrected chi connectivity index (χ4v) is 2.91. The number of halogens is 1. The first-order valence-corrected chi connectivity index (χ1v) is 8.35. The van der Waals surface area contributed by atoms with Gasteiger partial charge in [0.2, 0.25) is 0 Å². The van der Waals surface area contributed by atoms with E-state index in [9.17, 15) is 9.18 Å². The average molecular weight is 355 g/mol. The molecule has 0 unspecified atom stereocenters. The predicted octanol–water partition coefficient (Wildman–Crippen LogP) is 2.12. The normalized spacial score (nSPS) is 14.5. The van der Waals surface area contributed by atoms with Crippen LogP contribution in [0, 0.1) is 13.8 Å². The number of hydrogen-bond donors (Lipinski definition) is 0. The Hall–Kier alpha value is -3.03. The molecular weight excluding hydrogens is 337 g/mol. The van der Waals surface area contributed by atoms with Crippen LogP contribution in [0.4, 0.5) is 10.1 Å². The Morgan fingerprint density at radius 1 is 1.27 bits per heavy atom. The predicted molar refractivity (Wildman–Crippen MR) is 93.9 cm³/mol. The van der Waals surface area contributed by atoms with Gasteiger partial charge in [-0.2, -0.15) is 5.10 Å². The third kappa shape index (κ3) is 2.98. The second kappa shape index (κ2) is 6.36. The minimum absolute atomic E-state index is 0.239. The minimum Gasteiger partial charge on any atom is -0.364 e. The Morgan fingerprint density at radius 2 is 2.08 bits per heavy atom. The molecule has 4 rings (SSSR count). The Morgan fingerprint density at radius 3 is 2.73 bits per heavy atom. The van der Waals surface area contributed by atoms with Gasteiger partial charge in [0.15, 0.2) is 0 Å². The number of nitrogens with zero attached hydrogens (tertiary/aromatic N) is 5. The smallest absolute Gasteiger partial charge is 0.269 e. The second-order valence-electron chi connectivity index (χ2n) is 6.47. The molecule has 3 aromatic heterocycles. The molecule has 0 amide bonds. The summed E-state index contributed by atoms with van der Waals surface area (Å²) in [5, 5.41) is 8.34. The molecule has 0 aliphatic carbocycles. The van der Waals surface area contributed by atoms with E-state index in [4.69, 9.17) is 4.52 Å². The maximum atomic E-state index is 13.0. The molecule has 3 aromatic rings. The highest BCUT2D eigenvalue weighted by molar-refractivity contribution is 5.62. The third-order valence-electron chi connectivity index (χ3n) is 4.53. The summed E-state index contributed by atoms with van der Waals surface area (Å²) >= 11 is 0. The molecule has 1 fully saturated rings. The Kier molecular flexibility index (Phi) is 4.02. The number of rotatable bonds is 4. The van der Waals surface area contributed by atoms with Crippen LogP contribution >= 0.6 is 0 Å². The van der Waals surface area contributed by atoms with Gasteiger partial charge in [0.25, 0.3) is 5.56 Å². The summed E-state index contributed by atoms with van der Waals surface area (Å²) in [6, 6.07) is 5.29. The lowest BCUT2D eigenvalue weighted by Crippen LogP contribution is -2.49. The Labute approximate surface area is 149 Å². The molecule has 0 saturated carbocycles. The van der Waals surface area contributed by atoms with Crippen LogP contribution in [-0.2, 0) is 6.54 Å². The van der Waals surface area contributed by atoms with Crippen LogP contribution in [0.2, 0.25) is 0 Å². The molecule has 7 nitrogen and oxygen atoms in total. The topological polar surface area (TPSA) is 77.0 Å². The molecule has 0 radical (unpaired) electrons.